The molecule has 2 fully saturated rings. The van der Waals surface area contributed by atoms with Gasteiger partial charge in [0.05, 0.1) is 17.3 Å². The smallest absolute Gasteiger partial charge is 0.328 e. The first-order valence-electron chi connectivity index (χ1n) is 16.0. The summed E-state index contributed by atoms with van der Waals surface area (Å²) in [6.07, 6.45) is 8.69. The molecule has 11 nitrogen and oxygen atoms in total. The maximum Gasteiger partial charge on any atom is 0.328 e. The number of benzene rings is 1. The van der Waals surface area contributed by atoms with Gasteiger partial charge in [-0.1, -0.05) is 43.3 Å². The van der Waals surface area contributed by atoms with Gasteiger partial charge < -0.3 is 24.5 Å². The van der Waals surface area contributed by atoms with Crippen molar-refractivity contribution in [2.24, 2.45) is 5.92 Å². The number of imidazole rings is 1. The molecule has 0 spiro atoms. The van der Waals surface area contributed by atoms with Crippen LogP contribution in [0.25, 0.3) is 11.0 Å². The number of carbonyl (C=O) groups excluding carboxylic acids is 3. The average molecular weight is 625 g/mol. The second-order valence-electron chi connectivity index (χ2n) is 13.3. The number of nitrogens with zero attached hydrogens (tertiary/aromatic N) is 4. The van der Waals surface area contributed by atoms with Crippen LogP contribution in [0.3, 0.4) is 0 Å². The Balaban J connectivity index is 1.51. The summed E-state index contributed by atoms with van der Waals surface area (Å²) < 4.78 is 27.3. The summed E-state index contributed by atoms with van der Waals surface area (Å²) >= 11 is 0. The number of halogens is 1. The number of H-pyrrole nitrogens is 1. The Morgan fingerprint density at radius 3 is 2.33 bits per heavy atom. The molecule has 2 atom stereocenters. The van der Waals surface area contributed by atoms with E-state index in [0.717, 1.165) is 38.5 Å². The van der Waals surface area contributed by atoms with E-state index >= 15 is 4.39 Å². The third kappa shape index (κ3) is 7.54. The number of hydrogen-bond donors (Lipinski definition) is 2. The SMILES string of the molecule is CC(=O)N1CCN([C@@H](C(=O)OC(C)(C)C)c2ccc3[nH]c([C@H](NC(=O)c4conc4C)C4CCCCCCC4)nc3c2F)CC1. The molecule has 244 valence electrons. The lowest BCUT2D eigenvalue weighted by Crippen LogP contribution is -2.51. The minimum atomic E-state index is -1.01. The van der Waals surface area contributed by atoms with E-state index in [2.05, 4.69) is 15.5 Å². The standard InChI is InChI=1S/C33H45FN6O5/c1-20-24(19-44-38-20)31(42)37-27(22-11-9-7-6-8-10-12-22)30-35-25-14-13-23(26(34)28(25)36-30)29(32(43)45-33(3,4)5)40-17-15-39(16-18-40)21(2)41/h13-14,19,22,27,29H,6-12,15-18H2,1-5H3,(H,35,36)(H,37,42)/t27-,29-/m1/s1. The molecule has 3 heterocycles. The van der Waals surface area contributed by atoms with E-state index in [1.807, 2.05) is 4.90 Å². The second-order valence-corrected chi connectivity index (χ2v) is 13.3. The summed E-state index contributed by atoms with van der Waals surface area (Å²) in [7, 11) is 0. The van der Waals surface area contributed by atoms with Crippen molar-refractivity contribution in [2.75, 3.05) is 26.2 Å². The lowest BCUT2D eigenvalue weighted by molar-refractivity contribution is -0.162. The molecule has 1 aromatic carbocycles. The number of aromatic nitrogens is 3. The van der Waals surface area contributed by atoms with Gasteiger partial charge in [-0.25, -0.2) is 14.2 Å². The molecule has 1 saturated heterocycles. The molecular weight excluding hydrogens is 579 g/mol. The number of ether oxygens (including phenoxy) is 1. The van der Waals surface area contributed by atoms with E-state index in [1.54, 1.807) is 44.7 Å². The molecule has 1 aliphatic heterocycles. The Hall–Kier alpha value is -3.80. The molecule has 5 rings (SSSR count). The van der Waals surface area contributed by atoms with E-state index in [4.69, 9.17) is 14.2 Å². The van der Waals surface area contributed by atoms with Gasteiger partial charge in [0.15, 0.2) is 5.82 Å². The zero-order valence-corrected chi connectivity index (χ0v) is 27.0. The van der Waals surface area contributed by atoms with Crippen LogP contribution in [0.15, 0.2) is 22.9 Å². The zero-order valence-electron chi connectivity index (χ0n) is 27.0. The Bertz CT molecular complexity index is 1510. The fourth-order valence-corrected chi connectivity index (χ4v) is 6.52. The number of aromatic amines is 1. The van der Waals surface area contributed by atoms with Crippen molar-refractivity contribution in [1.29, 1.82) is 0 Å². The van der Waals surface area contributed by atoms with Gasteiger partial charge in [0.25, 0.3) is 5.91 Å². The molecular formula is C33H45FN6O5. The van der Waals surface area contributed by atoms with Gasteiger partial charge in [0, 0.05) is 38.7 Å². The summed E-state index contributed by atoms with van der Waals surface area (Å²) in [6.45, 7) is 10.2. The molecule has 45 heavy (non-hydrogen) atoms. The highest BCUT2D eigenvalue weighted by atomic mass is 19.1. The molecule has 2 N–H and O–H groups in total. The highest BCUT2D eigenvalue weighted by Crippen LogP contribution is 2.36. The first-order chi connectivity index (χ1) is 21.4. The lowest BCUT2D eigenvalue weighted by atomic mass is 9.85. The third-order valence-electron chi connectivity index (χ3n) is 8.89. The predicted molar refractivity (Wildman–Crippen MR) is 166 cm³/mol. The van der Waals surface area contributed by atoms with Gasteiger partial charge in [-0.3, -0.25) is 14.5 Å². The normalized spacial score (nSPS) is 18.7. The number of carbonyl (C=O) groups is 3. The van der Waals surface area contributed by atoms with Crippen LogP contribution in [0.1, 0.15) is 112 Å². The largest absolute Gasteiger partial charge is 0.459 e. The van der Waals surface area contributed by atoms with Crippen molar-refractivity contribution in [3.63, 3.8) is 0 Å². The fraction of sp³-hybridized carbons (Fsp3) is 0.606. The molecule has 12 heteroatoms. The van der Waals surface area contributed by atoms with Crippen molar-refractivity contribution in [1.82, 2.24) is 30.2 Å². The van der Waals surface area contributed by atoms with Crippen molar-refractivity contribution in [2.45, 2.75) is 97.2 Å². The van der Waals surface area contributed by atoms with E-state index in [0.29, 0.717) is 48.8 Å². The fourth-order valence-electron chi connectivity index (χ4n) is 6.52. The van der Waals surface area contributed by atoms with Gasteiger partial charge in [-0.2, -0.15) is 0 Å². The number of fused-ring (bicyclic) bond motifs is 1. The molecule has 1 saturated carbocycles. The van der Waals surface area contributed by atoms with Gasteiger partial charge >= 0.3 is 5.97 Å². The Kier molecular flexibility index (Phi) is 9.91. The Labute approximate surface area is 263 Å². The Morgan fingerprint density at radius 2 is 1.73 bits per heavy atom. The summed E-state index contributed by atoms with van der Waals surface area (Å²) in [5, 5.41) is 7.00. The van der Waals surface area contributed by atoms with Gasteiger partial charge in [-0.05, 0) is 52.5 Å². The molecule has 3 aromatic rings. The summed E-state index contributed by atoms with van der Waals surface area (Å²) in [6, 6.07) is 1.84. The summed E-state index contributed by atoms with van der Waals surface area (Å²) in [5.41, 5.74) is 0.800. The minimum absolute atomic E-state index is 0.0368. The average Bonchev–Trinajstić information content (AvgIpc) is 3.59. The third-order valence-corrected chi connectivity index (χ3v) is 8.89. The number of esters is 1. The number of aryl methyl sites for hydroxylation is 1. The van der Waals surface area contributed by atoms with Crippen LogP contribution < -0.4 is 5.32 Å². The maximum atomic E-state index is 16.6. The van der Waals surface area contributed by atoms with Crippen LogP contribution in [0, 0.1) is 18.7 Å². The first-order valence-corrected chi connectivity index (χ1v) is 16.0. The quantitative estimate of drug-likeness (QED) is 0.335. The van der Waals surface area contributed by atoms with Crippen molar-refractivity contribution in [3.8, 4) is 0 Å². The van der Waals surface area contributed by atoms with Gasteiger partial charge in [0.1, 0.15) is 34.8 Å². The predicted octanol–water partition coefficient (Wildman–Crippen LogP) is 5.38. The van der Waals surface area contributed by atoms with Crippen molar-refractivity contribution < 1.29 is 28.0 Å². The topological polar surface area (TPSA) is 134 Å². The van der Waals surface area contributed by atoms with Crippen LogP contribution in [0.5, 0.6) is 0 Å². The van der Waals surface area contributed by atoms with Crippen LogP contribution in [0.4, 0.5) is 4.39 Å². The number of piperazine rings is 1. The van der Waals surface area contributed by atoms with Crippen LogP contribution in [-0.4, -0.2) is 74.5 Å². The number of amides is 2. The number of rotatable bonds is 7. The molecule has 0 unspecified atom stereocenters. The van der Waals surface area contributed by atoms with E-state index in [9.17, 15) is 14.4 Å². The first kappa shape index (κ1) is 32.6. The molecule has 0 radical (unpaired) electrons. The van der Waals surface area contributed by atoms with Crippen LogP contribution in [-0.2, 0) is 14.3 Å². The molecule has 1 aliphatic carbocycles. The second kappa shape index (κ2) is 13.7. The Morgan fingerprint density at radius 1 is 1.07 bits per heavy atom. The minimum Gasteiger partial charge on any atom is -0.459 e. The monoisotopic (exact) mass is 624 g/mol. The maximum absolute atomic E-state index is 16.6. The summed E-state index contributed by atoms with van der Waals surface area (Å²) in [5.74, 6) is -0.959. The van der Waals surface area contributed by atoms with Crippen molar-refractivity contribution >= 4 is 28.8 Å². The highest BCUT2D eigenvalue weighted by Gasteiger charge is 2.37. The molecule has 2 amide bonds. The number of nitrogens with one attached hydrogen (secondary N) is 2. The van der Waals surface area contributed by atoms with Crippen molar-refractivity contribution in [3.05, 3.63) is 46.9 Å². The molecule has 0 bridgehead atoms. The van der Waals surface area contributed by atoms with Gasteiger partial charge in [0.2, 0.25) is 5.91 Å². The van der Waals surface area contributed by atoms with Crippen LogP contribution >= 0.6 is 0 Å². The van der Waals surface area contributed by atoms with Gasteiger partial charge in [-0.15, -0.1) is 0 Å². The van der Waals surface area contributed by atoms with E-state index in [1.165, 1.54) is 19.6 Å². The molecule has 2 aromatic heterocycles. The zero-order chi connectivity index (χ0) is 32.3. The lowest BCUT2D eigenvalue weighted by Gasteiger charge is -2.39. The van der Waals surface area contributed by atoms with Crippen LogP contribution in [0.2, 0.25) is 0 Å². The molecule has 2 aliphatic rings. The highest BCUT2D eigenvalue weighted by molar-refractivity contribution is 5.95. The van der Waals surface area contributed by atoms with E-state index in [-0.39, 0.29) is 28.8 Å². The summed E-state index contributed by atoms with van der Waals surface area (Å²) in [4.78, 5) is 50.5. The van der Waals surface area contributed by atoms with E-state index < -0.39 is 29.5 Å². The number of hydrogen-bond acceptors (Lipinski definition) is 8.